The predicted octanol–water partition coefficient (Wildman–Crippen LogP) is -0.504. The molecule has 0 radical (unpaired) electrons. The Labute approximate surface area is 182 Å². The molecule has 3 aliphatic carbocycles. The lowest BCUT2D eigenvalue weighted by molar-refractivity contribution is -0.169. The van der Waals surface area contributed by atoms with E-state index in [2.05, 4.69) is 0 Å². The van der Waals surface area contributed by atoms with Crippen LogP contribution < -0.4 is 5.73 Å². The standard InChI is InChI=1S/C22H24N2O8/c1-7-8-5-4-6-9(25)11(8)16(26)12-10(7)17(27)14-15(24(2)3)18(28)13(21(23)31)20(30)22(14,32)19(12)29/h4-7,10,14-15,17,25-27,30,32H,1-3H3,(H2,23,31)/t7-,10-,14+,15-,17-,22-/m0/s1. The molecule has 1 aromatic carbocycles. The van der Waals surface area contributed by atoms with Crippen molar-refractivity contribution in [3.05, 3.63) is 46.2 Å². The van der Waals surface area contributed by atoms with Crippen molar-refractivity contribution in [2.75, 3.05) is 14.1 Å². The van der Waals surface area contributed by atoms with Gasteiger partial charge in [-0.15, -0.1) is 0 Å². The van der Waals surface area contributed by atoms with E-state index in [9.17, 15) is 39.9 Å². The van der Waals surface area contributed by atoms with Crippen LogP contribution >= 0.6 is 0 Å². The minimum Gasteiger partial charge on any atom is -0.508 e. The van der Waals surface area contributed by atoms with Crippen molar-refractivity contribution in [3.63, 3.8) is 0 Å². The minimum absolute atomic E-state index is 0.0245. The molecule has 0 bridgehead atoms. The van der Waals surface area contributed by atoms with Crippen LogP contribution in [0, 0.1) is 11.8 Å². The molecule has 10 nitrogen and oxygen atoms in total. The van der Waals surface area contributed by atoms with E-state index >= 15 is 0 Å². The van der Waals surface area contributed by atoms with Crippen LogP contribution in [0.15, 0.2) is 35.1 Å². The topological polar surface area (TPSA) is 182 Å². The van der Waals surface area contributed by atoms with Gasteiger partial charge in [-0.3, -0.25) is 19.3 Å². The molecule has 32 heavy (non-hydrogen) atoms. The fourth-order valence-corrected chi connectivity index (χ4v) is 5.58. The molecule has 1 amide bonds. The number of amides is 1. The van der Waals surface area contributed by atoms with Crippen molar-refractivity contribution in [2.45, 2.75) is 30.6 Å². The SMILES string of the molecule is C[C@H]1c2cccc(O)c2C(O)=C2C(=O)[C@]3(O)C(O)=C(C(N)=O)C(=O)[C@@H](N(C)C)[C@@H]3[C@@H](O)[C@H]21. The first-order valence-electron chi connectivity index (χ1n) is 10.0. The van der Waals surface area contributed by atoms with Crippen LogP contribution in [0.1, 0.15) is 24.0 Å². The summed E-state index contributed by atoms with van der Waals surface area (Å²) in [5, 5.41) is 54.9. The maximum absolute atomic E-state index is 13.7. The maximum atomic E-state index is 13.7. The highest BCUT2D eigenvalue weighted by atomic mass is 16.4. The van der Waals surface area contributed by atoms with Crippen molar-refractivity contribution < 1.29 is 39.9 Å². The lowest BCUT2D eigenvalue weighted by atomic mass is 9.54. The van der Waals surface area contributed by atoms with Gasteiger partial charge in [-0.2, -0.15) is 0 Å². The van der Waals surface area contributed by atoms with E-state index in [4.69, 9.17) is 5.73 Å². The molecule has 10 heteroatoms. The summed E-state index contributed by atoms with van der Waals surface area (Å²) in [5.41, 5.74) is 1.47. The largest absolute Gasteiger partial charge is 0.508 e. The van der Waals surface area contributed by atoms with Crippen LogP contribution in [-0.2, 0) is 14.4 Å². The Kier molecular flexibility index (Phi) is 4.74. The quantitative estimate of drug-likeness (QED) is 0.327. The number of phenols is 1. The first kappa shape index (κ1) is 22.0. The first-order chi connectivity index (χ1) is 14.9. The predicted molar refractivity (Wildman–Crippen MR) is 110 cm³/mol. The number of phenolic OH excluding ortho intramolecular Hbond substituents is 1. The van der Waals surface area contributed by atoms with Gasteiger partial charge in [0.1, 0.15) is 22.8 Å². The summed E-state index contributed by atoms with van der Waals surface area (Å²) in [6.07, 6.45) is -1.59. The average molecular weight is 444 g/mol. The average Bonchev–Trinajstić information content (AvgIpc) is 2.70. The van der Waals surface area contributed by atoms with Crippen molar-refractivity contribution in [3.8, 4) is 5.75 Å². The molecule has 0 saturated heterocycles. The normalized spacial score (nSPS) is 34.4. The molecule has 1 fully saturated rings. The number of aromatic hydroxyl groups is 1. The zero-order chi connectivity index (χ0) is 23.9. The third kappa shape index (κ3) is 2.48. The molecule has 6 atom stereocenters. The van der Waals surface area contributed by atoms with Gasteiger partial charge in [-0.05, 0) is 31.6 Å². The van der Waals surface area contributed by atoms with E-state index < -0.39 is 75.6 Å². The third-order valence-electron chi connectivity index (χ3n) is 6.99. The number of Topliss-reactive ketones (excluding diaryl/α,β-unsaturated/α-hetero) is 2. The van der Waals surface area contributed by atoms with Crippen LogP contribution in [0.2, 0.25) is 0 Å². The van der Waals surface area contributed by atoms with Gasteiger partial charge in [0.05, 0.1) is 23.6 Å². The lowest BCUT2D eigenvalue weighted by Gasteiger charge is -2.53. The van der Waals surface area contributed by atoms with Crippen LogP contribution in [0.25, 0.3) is 5.76 Å². The summed E-state index contributed by atoms with van der Waals surface area (Å²) in [6, 6.07) is 3.13. The molecule has 0 aliphatic heterocycles. The van der Waals surface area contributed by atoms with E-state index in [0.717, 1.165) is 0 Å². The number of carbonyl (C=O) groups is 3. The van der Waals surface area contributed by atoms with Crippen molar-refractivity contribution >= 4 is 23.2 Å². The Morgan fingerprint density at radius 1 is 1.16 bits per heavy atom. The minimum atomic E-state index is -2.89. The molecule has 4 rings (SSSR count). The van der Waals surface area contributed by atoms with Crippen LogP contribution in [-0.4, -0.2) is 79.7 Å². The highest BCUT2D eigenvalue weighted by molar-refractivity contribution is 6.24. The number of likely N-dealkylation sites (N-methyl/N-ethyl adjacent to an activating group) is 1. The smallest absolute Gasteiger partial charge is 0.255 e. The molecule has 3 aliphatic rings. The van der Waals surface area contributed by atoms with Crippen molar-refractivity contribution in [2.24, 2.45) is 17.6 Å². The molecule has 0 unspecified atom stereocenters. The third-order valence-corrected chi connectivity index (χ3v) is 6.99. The number of hydrogen-bond donors (Lipinski definition) is 6. The van der Waals surface area contributed by atoms with Crippen LogP contribution in [0.5, 0.6) is 5.75 Å². The molecule has 7 N–H and O–H groups in total. The fourth-order valence-electron chi connectivity index (χ4n) is 5.58. The second-order valence-corrected chi connectivity index (χ2v) is 8.79. The number of aliphatic hydroxyl groups excluding tert-OH is 3. The van der Waals surface area contributed by atoms with Crippen LogP contribution in [0.4, 0.5) is 0 Å². The van der Waals surface area contributed by atoms with Gasteiger partial charge in [-0.25, -0.2) is 0 Å². The van der Waals surface area contributed by atoms with E-state index in [-0.39, 0.29) is 11.3 Å². The number of nitrogens with two attached hydrogens (primary N) is 1. The Morgan fingerprint density at radius 2 is 1.78 bits per heavy atom. The molecular formula is C22H24N2O8. The Balaban J connectivity index is 2.07. The zero-order valence-electron chi connectivity index (χ0n) is 17.6. The van der Waals surface area contributed by atoms with Crippen LogP contribution in [0.3, 0.4) is 0 Å². The second kappa shape index (κ2) is 6.89. The summed E-state index contributed by atoms with van der Waals surface area (Å²) in [6.45, 7) is 1.68. The van der Waals surface area contributed by atoms with E-state index in [0.29, 0.717) is 5.56 Å². The number of primary amides is 1. The van der Waals surface area contributed by atoms with Gasteiger partial charge in [0.15, 0.2) is 11.4 Å². The molecule has 1 aromatic rings. The number of ketones is 2. The Morgan fingerprint density at radius 3 is 2.34 bits per heavy atom. The lowest BCUT2D eigenvalue weighted by Crippen LogP contribution is -2.70. The Hall–Kier alpha value is -3.21. The number of nitrogens with zero attached hydrogens (tertiary/aromatic N) is 1. The number of rotatable bonds is 2. The van der Waals surface area contributed by atoms with Crippen molar-refractivity contribution in [1.29, 1.82) is 0 Å². The highest BCUT2D eigenvalue weighted by Gasteiger charge is 2.68. The molecule has 0 spiro atoms. The monoisotopic (exact) mass is 444 g/mol. The molecule has 0 aromatic heterocycles. The number of aliphatic hydroxyl groups is 4. The maximum Gasteiger partial charge on any atom is 0.255 e. The van der Waals surface area contributed by atoms with Gasteiger partial charge in [0.2, 0.25) is 5.78 Å². The highest BCUT2D eigenvalue weighted by Crippen LogP contribution is 2.55. The van der Waals surface area contributed by atoms with Gasteiger partial charge < -0.3 is 31.3 Å². The summed E-state index contributed by atoms with van der Waals surface area (Å²) in [7, 11) is 2.92. The van der Waals surface area contributed by atoms with Crippen molar-refractivity contribution in [1.82, 2.24) is 4.90 Å². The zero-order valence-corrected chi connectivity index (χ0v) is 17.6. The molecule has 1 saturated carbocycles. The summed E-state index contributed by atoms with van der Waals surface area (Å²) < 4.78 is 0. The van der Waals surface area contributed by atoms with Gasteiger partial charge in [0, 0.05) is 11.5 Å². The first-order valence-corrected chi connectivity index (χ1v) is 10.0. The molecular weight excluding hydrogens is 420 g/mol. The number of benzene rings is 1. The Bertz CT molecular complexity index is 1140. The number of hydrogen-bond acceptors (Lipinski definition) is 9. The number of fused-ring (bicyclic) bond motifs is 3. The van der Waals surface area contributed by atoms with E-state index in [1.807, 2.05) is 0 Å². The number of carbonyl (C=O) groups excluding carboxylic acids is 3. The summed E-state index contributed by atoms with van der Waals surface area (Å²) in [5.74, 6) is -8.87. The molecule has 170 valence electrons. The fraction of sp³-hybridized carbons (Fsp3) is 0.409. The van der Waals surface area contributed by atoms with E-state index in [1.54, 1.807) is 19.1 Å². The summed E-state index contributed by atoms with van der Waals surface area (Å²) >= 11 is 0. The van der Waals surface area contributed by atoms with E-state index in [1.165, 1.54) is 25.1 Å². The molecule has 0 heterocycles. The van der Waals surface area contributed by atoms with Gasteiger partial charge >= 0.3 is 0 Å². The second-order valence-electron chi connectivity index (χ2n) is 8.79. The van der Waals surface area contributed by atoms with Gasteiger partial charge in [0.25, 0.3) is 5.91 Å². The van der Waals surface area contributed by atoms with Gasteiger partial charge in [-0.1, -0.05) is 19.1 Å². The summed E-state index contributed by atoms with van der Waals surface area (Å²) in [4.78, 5) is 40.0.